The van der Waals surface area contributed by atoms with E-state index in [-0.39, 0.29) is 80.0 Å². The number of hydrogen-bond acceptors (Lipinski definition) is 9. The van der Waals surface area contributed by atoms with Gasteiger partial charge in [0.05, 0.1) is 32.2 Å². The fourth-order valence-electron chi connectivity index (χ4n) is 3.54. The Morgan fingerprint density at radius 1 is 0.846 bits per heavy atom. The number of nitrogens with one attached hydrogen (secondary N) is 2. The summed E-state index contributed by atoms with van der Waals surface area (Å²) in [6.07, 6.45) is 0.990. The molecule has 0 heterocycles. The maximum absolute atomic E-state index is 12.9. The van der Waals surface area contributed by atoms with Crippen molar-refractivity contribution in [1.82, 2.24) is 10.6 Å². The highest BCUT2D eigenvalue weighted by Gasteiger charge is 2.34. The lowest BCUT2D eigenvalue weighted by Crippen LogP contribution is -2.39. The first-order valence-corrected chi connectivity index (χ1v) is 16.6. The van der Waals surface area contributed by atoms with E-state index in [4.69, 9.17) is 7.48 Å². The van der Waals surface area contributed by atoms with Crippen molar-refractivity contribution >= 4 is 77.0 Å². The summed E-state index contributed by atoms with van der Waals surface area (Å²) in [6.45, 7) is 3.38. The van der Waals surface area contributed by atoms with Crippen molar-refractivity contribution in [2.75, 3.05) is 50.1 Å². The van der Waals surface area contributed by atoms with Crippen LogP contribution in [0.25, 0.3) is 0 Å². The van der Waals surface area contributed by atoms with E-state index in [0.29, 0.717) is 23.2 Å². The minimum absolute atomic E-state index is 0.00500. The molecule has 1 fully saturated rings. The Hall–Kier alpha value is -0.860. The SMILES string of the molecule is [3H]C(P)C(=O)CNC(=O)C(CC)CSC1CCC1SCC(CC(=O)CCOCCC(C)=O)C(=O)NCC(=O)C([3H])P. The largest absolute Gasteiger partial charge is 0.381 e. The monoisotopic (exact) mass is 626 g/mol. The summed E-state index contributed by atoms with van der Waals surface area (Å²) < 4.78 is 20.2. The van der Waals surface area contributed by atoms with Gasteiger partial charge in [-0.05, 0) is 26.2 Å². The van der Waals surface area contributed by atoms with Crippen molar-refractivity contribution in [3.8, 4) is 0 Å². The number of rotatable bonds is 23. The van der Waals surface area contributed by atoms with Crippen molar-refractivity contribution in [2.45, 2.75) is 62.9 Å². The first-order valence-electron chi connectivity index (χ1n) is 14.3. The number of ether oxygens (including phenoxy) is 1. The number of carbonyl (C=O) groups excluding carboxylic acids is 6. The molecule has 0 aromatic carbocycles. The van der Waals surface area contributed by atoms with Crippen molar-refractivity contribution < 1.29 is 36.2 Å². The van der Waals surface area contributed by atoms with Crippen LogP contribution in [0.15, 0.2) is 0 Å². The van der Waals surface area contributed by atoms with Crippen LogP contribution in [-0.4, -0.2) is 95.5 Å². The molecule has 0 radical (unpaired) electrons. The Morgan fingerprint density at radius 2 is 1.33 bits per heavy atom. The van der Waals surface area contributed by atoms with Crippen LogP contribution in [0.5, 0.6) is 0 Å². The number of carbonyl (C=O) groups is 6. The van der Waals surface area contributed by atoms with E-state index >= 15 is 0 Å². The molecule has 8 unspecified atom stereocenters. The van der Waals surface area contributed by atoms with Crippen LogP contribution in [-0.2, 0) is 33.5 Å². The number of amides is 2. The molecule has 13 heteroatoms. The number of thioether (sulfide) groups is 2. The quantitative estimate of drug-likeness (QED) is 0.129. The van der Waals surface area contributed by atoms with E-state index in [9.17, 15) is 28.8 Å². The molecular weight excluding hydrogens is 578 g/mol. The van der Waals surface area contributed by atoms with Crippen LogP contribution in [0.4, 0.5) is 0 Å². The molecular formula is C26H44N2O7P2S2. The standard InChI is InChI=1S/C26H44N2O7P2S2/c1-3-18(25(33)27-11-21(31)13-36)15-38-23-4-5-24(23)39-16-19(26(34)28-12-22(32)14-37)10-20(30)7-9-35-8-6-17(2)29/h18-19,23-24H,3-16,36-37H2,1-2H3,(H,27,33)(H,28,34)/i13T,14T. The highest BCUT2D eigenvalue weighted by Crippen LogP contribution is 2.41. The summed E-state index contributed by atoms with van der Waals surface area (Å²) in [4.78, 5) is 72.5. The van der Waals surface area contributed by atoms with Gasteiger partial charge in [0, 0.05) is 62.2 Å². The Balaban J connectivity index is 2.62. The van der Waals surface area contributed by atoms with E-state index < -0.39 is 29.9 Å². The van der Waals surface area contributed by atoms with E-state index in [1.165, 1.54) is 6.92 Å². The van der Waals surface area contributed by atoms with Crippen LogP contribution in [0.2, 0.25) is 0 Å². The molecule has 8 atom stereocenters. The molecule has 0 spiro atoms. The van der Waals surface area contributed by atoms with Crippen LogP contribution in [0.3, 0.4) is 0 Å². The van der Waals surface area contributed by atoms with Crippen molar-refractivity contribution in [1.29, 1.82) is 0 Å². The summed E-state index contributed by atoms with van der Waals surface area (Å²) in [6, 6.07) is 0. The fraction of sp³-hybridized carbons (Fsp3) is 0.769. The molecule has 9 nitrogen and oxygen atoms in total. The minimum Gasteiger partial charge on any atom is -0.381 e. The van der Waals surface area contributed by atoms with E-state index in [1.54, 1.807) is 23.5 Å². The van der Waals surface area contributed by atoms with Gasteiger partial charge < -0.3 is 15.4 Å². The molecule has 1 aliphatic rings. The lowest BCUT2D eigenvalue weighted by molar-refractivity contribution is -0.130. The molecule has 1 aliphatic carbocycles. The van der Waals surface area contributed by atoms with E-state index in [2.05, 4.69) is 29.1 Å². The first kappa shape index (κ1) is 32.7. The highest BCUT2D eigenvalue weighted by molar-refractivity contribution is 8.04. The van der Waals surface area contributed by atoms with Crippen molar-refractivity contribution in [3.63, 3.8) is 0 Å². The lowest BCUT2D eigenvalue weighted by Gasteiger charge is -2.37. The first-order chi connectivity index (χ1) is 19.3. The zero-order valence-electron chi connectivity index (χ0n) is 24.8. The second-order valence-electron chi connectivity index (χ2n) is 9.38. The molecule has 1 rings (SSSR count). The Labute approximate surface area is 248 Å². The summed E-state index contributed by atoms with van der Waals surface area (Å²) in [5.41, 5.74) is 0. The molecule has 2 amide bonds. The molecule has 0 saturated heterocycles. The predicted octanol–water partition coefficient (Wildman–Crippen LogP) is 2.09. The third-order valence-electron chi connectivity index (χ3n) is 6.25. The minimum atomic E-state index is -1.03. The zero-order chi connectivity index (χ0) is 30.9. The molecule has 0 aromatic heterocycles. The van der Waals surface area contributed by atoms with E-state index in [0.717, 1.165) is 12.8 Å². The van der Waals surface area contributed by atoms with Gasteiger partial charge in [-0.1, -0.05) is 6.92 Å². The smallest absolute Gasteiger partial charge is 0.224 e. The summed E-state index contributed by atoms with van der Waals surface area (Å²) >= 11 is 3.31. The lowest BCUT2D eigenvalue weighted by atomic mass is 9.99. The maximum Gasteiger partial charge on any atom is 0.224 e. The number of ketones is 4. The van der Waals surface area contributed by atoms with Crippen LogP contribution < -0.4 is 10.6 Å². The Kier molecular flexibility index (Phi) is 17.5. The average molecular weight is 627 g/mol. The van der Waals surface area contributed by atoms with Gasteiger partial charge in [0.15, 0.2) is 11.6 Å². The van der Waals surface area contributed by atoms with Gasteiger partial charge in [0.1, 0.15) is 11.6 Å². The summed E-state index contributed by atoms with van der Waals surface area (Å²) in [5.74, 6) is -1.43. The molecule has 0 aliphatic heterocycles. The van der Waals surface area contributed by atoms with Gasteiger partial charge in [0.25, 0.3) is 0 Å². The topological polar surface area (TPSA) is 136 Å². The maximum atomic E-state index is 12.9. The normalized spacial score (nSPS) is 20.3. The van der Waals surface area contributed by atoms with Gasteiger partial charge in [-0.3, -0.25) is 28.8 Å². The highest BCUT2D eigenvalue weighted by atomic mass is 32.2. The molecule has 222 valence electrons. The van der Waals surface area contributed by atoms with Gasteiger partial charge in [-0.15, -0.1) is 18.5 Å². The summed E-state index contributed by atoms with van der Waals surface area (Å²) in [5, 5.41) is 5.76. The number of Topliss-reactive ketones (excluding diaryl/α,β-unsaturated/α-hetero) is 4. The third-order valence-corrected chi connectivity index (χ3v) is 10.3. The fourth-order valence-corrected chi connectivity index (χ4v) is 7.17. The molecule has 0 aromatic rings. The van der Waals surface area contributed by atoms with Gasteiger partial charge in [0.2, 0.25) is 11.8 Å². The predicted molar refractivity (Wildman–Crippen MR) is 165 cm³/mol. The molecule has 39 heavy (non-hydrogen) atoms. The second-order valence-corrected chi connectivity index (χ2v) is 12.6. The molecule has 0 bridgehead atoms. The zero-order valence-corrected chi connectivity index (χ0v) is 26.7. The molecule has 1 saturated carbocycles. The molecule has 2 N–H and O–H groups in total. The van der Waals surface area contributed by atoms with Gasteiger partial charge >= 0.3 is 0 Å². The third kappa shape index (κ3) is 15.6. The second kappa shape index (κ2) is 20.9. The van der Waals surface area contributed by atoms with Gasteiger partial charge in [-0.25, -0.2) is 0 Å². The van der Waals surface area contributed by atoms with Crippen LogP contribution in [0, 0.1) is 11.8 Å². The van der Waals surface area contributed by atoms with Crippen molar-refractivity contribution in [3.05, 3.63) is 0 Å². The van der Waals surface area contributed by atoms with Crippen LogP contribution in [0.1, 0.15) is 55.1 Å². The number of hydrogen-bond donors (Lipinski definition) is 2. The van der Waals surface area contributed by atoms with E-state index in [1.807, 2.05) is 6.92 Å². The van der Waals surface area contributed by atoms with Gasteiger partial charge in [-0.2, -0.15) is 23.5 Å². The summed E-state index contributed by atoms with van der Waals surface area (Å²) in [7, 11) is 4.18. The van der Waals surface area contributed by atoms with Crippen LogP contribution >= 0.6 is 42.0 Å². The Morgan fingerprint density at radius 3 is 1.79 bits per heavy atom. The van der Waals surface area contributed by atoms with Crippen molar-refractivity contribution in [2.24, 2.45) is 11.8 Å². The average Bonchev–Trinajstić information content (AvgIpc) is 2.90. The Bertz CT molecular complexity index is 915.